The summed E-state index contributed by atoms with van der Waals surface area (Å²) in [6.07, 6.45) is 3.55. The van der Waals surface area contributed by atoms with Crippen molar-refractivity contribution in [1.82, 2.24) is 0 Å². The maximum absolute atomic E-state index is 12.4. The number of hydrogen-bond donors (Lipinski definition) is 1. The van der Waals surface area contributed by atoms with Gasteiger partial charge in [-0.15, -0.1) is 11.6 Å². The zero-order valence-corrected chi connectivity index (χ0v) is 12.6. The van der Waals surface area contributed by atoms with E-state index in [0.29, 0.717) is 5.69 Å². The topological polar surface area (TPSA) is 46.2 Å². The summed E-state index contributed by atoms with van der Waals surface area (Å²) in [5.41, 5.74) is -4.67. The fraction of sp³-hybridized carbons (Fsp3) is 0.538. The van der Waals surface area contributed by atoms with Crippen LogP contribution in [-0.2, 0) is 9.84 Å². The first kappa shape index (κ1) is 16.4. The molecule has 1 aromatic rings. The van der Waals surface area contributed by atoms with Crippen LogP contribution in [0.4, 0.5) is 18.9 Å². The molecule has 1 aliphatic rings. The van der Waals surface area contributed by atoms with Gasteiger partial charge in [0.15, 0.2) is 0 Å². The molecular formula is C13H15ClF3NO2S. The lowest BCUT2D eigenvalue weighted by atomic mass is 9.95. The minimum absolute atomic E-state index is 0.183. The maximum Gasteiger partial charge on any atom is 0.501 e. The summed E-state index contributed by atoms with van der Waals surface area (Å²) in [5, 5.41) is 3.37. The Hall–Kier alpha value is -0.950. The van der Waals surface area contributed by atoms with Gasteiger partial charge in [0.2, 0.25) is 0 Å². The van der Waals surface area contributed by atoms with Crippen LogP contribution in [0.2, 0.25) is 0 Å². The molecule has 0 atom stereocenters. The number of anilines is 1. The molecule has 118 valence electrons. The molecule has 8 heteroatoms. The largest absolute Gasteiger partial charge is 0.501 e. The minimum Gasteiger partial charge on any atom is -0.382 e. The van der Waals surface area contributed by atoms with Gasteiger partial charge in [0.25, 0.3) is 9.84 Å². The lowest BCUT2D eigenvalue weighted by Gasteiger charge is -2.26. The van der Waals surface area contributed by atoms with Crippen molar-refractivity contribution >= 4 is 27.1 Å². The van der Waals surface area contributed by atoms with Crippen molar-refractivity contribution < 1.29 is 21.6 Å². The molecule has 1 aliphatic carbocycles. The highest BCUT2D eigenvalue weighted by atomic mass is 35.5. The first-order valence-corrected chi connectivity index (χ1v) is 8.44. The van der Waals surface area contributed by atoms with Crippen LogP contribution in [0.5, 0.6) is 0 Å². The molecule has 0 heterocycles. The van der Waals surface area contributed by atoms with E-state index in [4.69, 9.17) is 11.6 Å². The standard InChI is InChI=1S/C13H15ClF3NO2S/c14-9-1-3-10(4-2-9)18-11-5-7-12(8-6-11)21(19,20)13(15,16)17/h5-10,18H,1-4H2. The third kappa shape index (κ3) is 3.83. The Labute approximate surface area is 126 Å². The molecule has 1 aromatic carbocycles. The van der Waals surface area contributed by atoms with Crippen LogP contribution in [0.3, 0.4) is 0 Å². The summed E-state index contributed by atoms with van der Waals surface area (Å²) >= 11 is 6.00. The van der Waals surface area contributed by atoms with E-state index in [1.54, 1.807) is 0 Å². The average Bonchev–Trinajstić information content (AvgIpc) is 2.41. The Morgan fingerprint density at radius 1 is 1.05 bits per heavy atom. The van der Waals surface area contributed by atoms with E-state index >= 15 is 0 Å². The first-order valence-electron chi connectivity index (χ1n) is 6.52. The number of halogens is 4. The van der Waals surface area contributed by atoms with Crippen LogP contribution < -0.4 is 5.32 Å². The molecule has 0 amide bonds. The van der Waals surface area contributed by atoms with E-state index in [9.17, 15) is 21.6 Å². The van der Waals surface area contributed by atoms with Gasteiger partial charge < -0.3 is 5.32 Å². The zero-order valence-electron chi connectivity index (χ0n) is 11.0. The fourth-order valence-corrected chi connectivity index (χ4v) is 3.31. The van der Waals surface area contributed by atoms with Crippen molar-refractivity contribution in [2.45, 2.75) is 47.5 Å². The normalized spacial score (nSPS) is 23.8. The first-order chi connectivity index (χ1) is 9.70. The number of benzene rings is 1. The van der Waals surface area contributed by atoms with Gasteiger partial charge in [-0.25, -0.2) is 8.42 Å². The molecule has 0 radical (unpaired) electrons. The molecule has 0 spiro atoms. The van der Waals surface area contributed by atoms with Gasteiger partial charge in [-0.3, -0.25) is 0 Å². The van der Waals surface area contributed by atoms with Crippen LogP contribution in [0.25, 0.3) is 0 Å². The van der Waals surface area contributed by atoms with Crippen molar-refractivity contribution in [2.75, 3.05) is 5.32 Å². The van der Waals surface area contributed by atoms with Gasteiger partial charge in [-0.2, -0.15) is 13.2 Å². The highest BCUT2D eigenvalue weighted by Crippen LogP contribution is 2.31. The van der Waals surface area contributed by atoms with Crippen molar-refractivity contribution in [3.8, 4) is 0 Å². The van der Waals surface area contributed by atoms with Crippen molar-refractivity contribution in [3.05, 3.63) is 24.3 Å². The third-order valence-electron chi connectivity index (χ3n) is 3.50. The Morgan fingerprint density at radius 3 is 2.05 bits per heavy atom. The van der Waals surface area contributed by atoms with Crippen molar-refractivity contribution in [3.63, 3.8) is 0 Å². The molecule has 0 unspecified atom stereocenters. The second kappa shape index (κ2) is 6.04. The minimum atomic E-state index is -5.28. The molecule has 21 heavy (non-hydrogen) atoms. The summed E-state index contributed by atoms with van der Waals surface area (Å²) in [5.74, 6) is 0. The Balaban J connectivity index is 2.06. The van der Waals surface area contributed by atoms with Crippen LogP contribution in [0, 0.1) is 0 Å². The lowest BCUT2D eigenvalue weighted by molar-refractivity contribution is -0.0436. The van der Waals surface area contributed by atoms with E-state index in [1.165, 1.54) is 12.1 Å². The molecule has 1 saturated carbocycles. The second-order valence-electron chi connectivity index (χ2n) is 5.07. The number of nitrogens with one attached hydrogen (secondary N) is 1. The lowest BCUT2D eigenvalue weighted by Crippen LogP contribution is -2.26. The van der Waals surface area contributed by atoms with Crippen LogP contribution >= 0.6 is 11.6 Å². The molecule has 2 rings (SSSR count). The van der Waals surface area contributed by atoms with E-state index < -0.39 is 20.2 Å². The van der Waals surface area contributed by atoms with E-state index in [2.05, 4.69) is 5.32 Å². The van der Waals surface area contributed by atoms with Gasteiger partial charge in [0, 0.05) is 17.1 Å². The van der Waals surface area contributed by atoms with E-state index in [0.717, 1.165) is 37.8 Å². The number of alkyl halides is 4. The molecule has 0 bridgehead atoms. The fourth-order valence-electron chi connectivity index (χ4n) is 2.30. The van der Waals surface area contributed by atoms with Crippen LogP contribution in [-0.4, -0.2) is 25.3 Å². The average molecular weight is 342 g/mol. The quantitative estimate of drug-likeness (QED) is 0.847. The molecule has 0 aromatic heterocycles. The smallest absolute Gasteiger partial charge is 0.382 e. The highest BCUT2D eigenvalue weighted by Gasteiger charge is 2.46. The highest BCUT2D eigenvalue weighted by molar-refractivity contribution is 7.92. The van der Waals surface area contributed by atoms with E-state index in [-0.39, 0.29) is 11.4 Å². The van der Waals surface area contributed by atoms with Crippen molar-refractivity contribution in [1.29, 1.82) is 0 Å². The van der Waals surface area contributed by atoms with Gasteiger partial charge in [0.05, 0.1) is 4.90 Å². The zero-order chi connectivity index (χ0) is 15.7. The molecule has 0 aliphatic heterocycles. The molecule has 3 nitrogen and oxygen atoms in total. The third-order valence-corrected chi connectivity index (χ3v) is 5.44. The van der Waals surface area contributed by atoms with Crippen molar-refractivity contribution in [2.24, 2.45) is 0 Å². The predicted octanol–water partition coefficient (Wildman–Crippen LogP) is 3.94. The monoisotopic (exact) mass is 341 g/mol. The second-order valence-corrected chi connectivity index (χ2v) is 7.63. The van der Waals surface area contributed by atoms with Crippen LogP contribution in [0.1, 0.15) is 25.7 Å². The SMILES string of the molecule is O=S(=O)(c1ccc(NC2CCC(Cl)CC2)cc1)C(F)(F)F. The molecule has 1 N–H and O–H groups in total. The van der Waals surface area contributed by atoms with E-state index in [1.807, 2.05) is 0 Å². The summed E-state index contributed by atoms with van der Waals surface area (Å²) in [6, 6.07) is 4.86. The molecular weight excluding hydrogens is 327 g/mol. The summed E-state index contributed by atoms with van der Waals surface area (Å²) in [4.78, 5) is -0.745. The predicted molar refractivity (Wildman–Crippen MR) is 75.2 cm³/mol. The Bertz CT molecular complexity index is 578. The van der Waals surface area contributed by atoms with Gasteiger partial charge >= 0.3 is 5.51 Å². The Kier molecular flexibility index (Phi) is 4.72. The number of sulfone groups is 1. The summed E-state index contributed by atoms with van der Waals surface area (Å²) < 4.78 is 59.7. The van der Waals surface area contributed by atoms with Gasteiger partial charge in [0.1, 0.15) is 0 Å². The summed E-state index contributed by atoms with van der Waals surface area (Å²) in [7, 11) is -5.28. The summed E-state index contributed by atoms with van der Waals surface area (Å²) in [6.45, 7) is 0. The molecule has 0 saturated heterocycles. The van der Waals surface area contributed by atoms with Gasteiger partial charge in [-0.1, -0.05) is 0 Å². The van der Waals surface area contributed by atoms with Crippen LogP contribution in [0.15, 0.2) is 29.2 Å². The number of hydrogen-bond acceptors (Lipinski definition) is 3. The molecule has 1 fully saturated rings. The Morgan fingerprint density at radius 2 is 1.57 bits per heavy atom. The number of rotatable bonds is 3. The maximum atomic E-state index is 12.4. The van der Waals surface area contributed by atoms with Gasteiger partial charge in [-0.05, 0) is 49.9 Å².